The van der Waals surface area contributed by atoms with E-state index in [2.05, 4.69) is 5.32 Å². The van der Waals surface area contributed by atoms with Gasteiger partial charge < -0.3 is 15.2 Å². The summed E-state index contributed by atoms with van der Waals surface area (Å²) < 4.78 is 5.73. The zero-order valence-electron chi connectivity index (χ0n) is 10.1. The number of aliphatic carboxylic acids is 1. The van der Waals surface area contributed by atoms with Crippen molar-refractivity contribution in [1.29, 1.82) is 0 Å². The molecule has 0 aromatic heterocycles. The van der Waals surface area contributed by atoms with E-state index in [0.29, 0.717) is 12.7 Å². The third-order valence-corrected chi connectivity index (χ3v) is 2.98. The minimum Gasteiger partial charge on any atom is -0.481 e. The molecular formula is C12H23NO3. The normalized spacial score (nSPS) is 19.6. The van der Waals surface area contributed by atoms with Gasteiger partial charge in [-0.1, -0.05) is 19.3 Å². The molecular weight excluding hydrogens is 206 g/mol. The molecule has 0 amide bonds. The van der Waals surface area contributed by atoms with Crippen LogP contribution in [-0.4, -0.2) is 36.4 Å². The summed E-state index contributed by atoms with van der Waals surface area (Å²) in [5, 5.41) is 11.7. The molecule has 1 unspecified atom stereocenters. The summed E-state index contributed by atoms with van der Waals surface area (Å²) >= 11 is 0. The lowest BCUT2D eigenvalue weighted by Crippen LogP contribution is -2.32. The lowest BCUT2D eigenvalue weighted by atomic mass is 9.98. The van der Waals surface area contributed by atoms with Crippen LogP contribution in [0.25, 0.3) is 0 Å². The smallest absolute Gasteiger partial charge is 0.304 e. The van der Waals surface area contributed by atoms with Crippen molar-refractivity contribution >= 4 is 5.97 Å². The van der Waals surface area contributed by atoms with E-state index in [1.165, 1.54) is 32.1 Å². The molecule has 0 spiro atoms. The highest BCUT2D eigenvalue weighted by molar-refractivity contribution is 5.67. The molecule has 0 aromatic carbocycles. The van der Waals surface area contributed by atoms with Crippen molar-refractivity contribution in [2.24, 2.45) is 0 Å². The second-order valence-electron chi connectivity index (χ2n) is 4.58. The predicted octanol–water partition coefficient (Wildman–Crippen LogP) is 1.79. The van der Waals surface area contributed by atoms with Crippen LogP contribution in [0, 0.1) is 0 Å². The first-order valence-electron chi connectivity index (χ1n) is 6.25. The Balaban J connectivity index is 1.96. The van der Waals surface area contributed by atoms with E-state index in [1.807, 2.05) is 6.92 Å². The molecule has 0 bridgehead atoms. The average molecular weight is 229 g/mol. The summed E-state index contributed by atoms with van der Waals surface area (Å²) in [5.41, 5.74) is 0. The van der Waals surface area contributed by atoms with Gasteiger partial charge in [0.25, 0.3) is 0 Å². The van der Waals surface area contributed by atoms with E-state index in [1.54, 1.807) is 0 Å². The van der Waals surface area contributed by atoms with E-state index in [-0.39, 0.29) is 12.5 Å². The van der Waals surface area contributed by atoms with Gasteiger partial charge in [0.15, 0.2) is 0 Å². The highest BCUT2D eigenvalue weighted by Crippen LogP contribution is 2.19. The summed E-state index contributed by atoms with van der Waals surface area (Å²) in [6, 6.07) is 0.0208. The minimum absolute atomic E-state index is 0.0208. The maximum atomic E-state index is 10.4. The number of carboxylic acid groups (broad SMARTS) is 1. The van der Waals surface area contributed by atoms with E-state index in [9.17, 15) is 4.79 Å². The van der Waals surface area contributed by atoms with Gasteiger partial charge in [-0.15, -0.1) is 0 Å². The molecule has 0 aliphatic heterocycles. The largest absolute Gasteiger partial charge is 0.481 e. The number of nitrogens with one attached hydrogen (secondary N) is 1. The van der Waals surface area contributed by atoms with E-state index in [0.717, 1.165) is 6.54 Å². The second kappa shape index (κ2) is 7.63. The number of rotatable bonds is 7. The van der Waals surface area contributed by atoms with Gasteiger partial charge in [0.1, 0.15) is 0 Å². The van der Waals surface area contributed by atoms with E-state index >= 15 is 0 Å². The van der Waals surface area contributed by atoms with E-state index in [4.69, 9.17) is 9.84 Å². The maximum Gasteiger partial charge on any atom is 0.304 e. The molecule has 4 heteroatoms. The summed E-state index contributed by atoms with van der Waals surface area (Å²) in [4.78, 5) is 10.4. The molecule has 1 rings (SSSR count). The van der Waals surface area contributed by atoms with Crippen molar-refractivity contribution in [2.75, 3.05) is 13.2 Å². The number of carboxylic acids is 1. The Kier molecular flexibility index (Phi) is 6.42. The van der Waals surface area contributed by atoms with Crippen LogP contribution in [0.15, 0.2) is 0 Å². The van der Waals surface area contributed by atoms with Gasteiger partial charge in [0.2, 0.25) is 0 Å². The van der Waals surface area contributed by atoms with Gasteiger partial charge >= 0.3 is 5.97 Å². The quantitative estimate of drug-likeness (QED) is 0.653. The van der Waals surface area contributed by atoms with Gasteiger partial charge in [-0.25, -0.2) is 0 Å². The Morgan fingerprint density at radius 1 is 1.44 bits per heavy atom. The SMILES string of the molecule is CC(CC(=O)O)NCCOC1CCCCC1. The second-order valence-corrected chi connectivity index (χ2v) is 4.58. The number of ether oxygens (including phenoxy) is 1. The fourth-order valence-electron chi connectivity index (χ4n) is 2.10. The van der Waals surface area contributed by atoms with Crippen LogP contribution < -0.4 is 5.32 Å². The summed E-state index contributed by atoms with van der Waals surface area (Å²) in [5.74, 6) is -0.756. The molecule has 0 radical (unpaired) electrons. The topological polar surface area (TPSA) is 58.6 Å². The summed E-state index contributed by atoms with van der Waals surface area (Å²) in [6.45, 7) is 3.31. The third-order valence-electron chi connectivity index (χ3n) is 2.98. The Morgan fingerprint density at radius 3 is 2.75 bits per heavy atom. The van der Waals surface area contributed by atoms with Crippen molar-refractivity contribution in [3.8, 4) is 0 Å². The first-order valence-corrected chi connectivity index (χ1v) is 6.25. The predicted molar refractivity (Wildman–Crippen MR) is 62.5 cm³/mol. The highest BCUT2D eigenvalue weighted by atomic mass is 16.5. The van der Waals surface area contributed by atoms with Crippen LogP contribution in [0.5, 0.6) is 0 Å². The van der Waals surface area contributed by atoms with Gasteiger partial charge in [0, 0.05) is 12.6 Å². The molecule has 1 fully saturated rings. The molecule has 4 nitrogen and oxygen atoms in total. The van der Waals surface area contributed by atoms with Crippen molar-refractivity contribution in [2.45, 2.75) is 57.6 Å². The van der Waals surface area contributed by atoms with Gasteiger partial charge in [-0.3, -0.25) is 4.79 Å². The van der Waals surface area contributed by atoms with Crippen LogP contribution in [0.2, 0.25) is 0 Å². The van der Waals surface area contributed by atoms with Crippen molar-refractivity contribution < 1.29 is 14.6 Å². The maximum absolute atomic E-state index is 10.4. The minimum atomic E-state index is -0.756. The van der Waals surface area contributed by atoms with E-state index < -0.39 is 5.97 Å². The standard InChI is InChI=1S/C12H23NO3/c1-10(9-12(14)15)13-7-8-16-11-5-3-2-4-6-11/h10-11,13H,2-9H2,1H3,(H,14,15). The van der Waals surface area contributed by atoms with Crippen LogP contribution in [0.4, 0.5) is 0 Å². The number of hydrogen-bond acceptors (Lipinski definition) is 3. The van der Waals surface area contributed by atoms with Crippen molar-refractivity contribution in [1.82, 2.24) is 5.32 Å². The fourth-order valence-corrected chi connectivity index (χ4v) is 2.10. The molecule has 94 valence electrons. The van der Waals surface area contributed by atoms with Crippen LogP contribution in [0.3, 0.4) is 0 Å². The van der Waals surface area contributed by atoms with Crippen LogP contribution in [0.1, 0.15) is 45.4 Å². The highest BCUT2D eigenvalue weighted by Gasteiger charge is 2.13. The zero-order chi connectivity index (χ0) is 11.8. The lowest BCUT2D eigenvalue weighted by Gasteiger charge is -2.22. The number of hydrogen-bond donors (Lipinski definition) is 2. The Bertz CT molecular complexity index is 202. The Hall–Kier alpha value is -0.610. The molecule has 0 heterocycles. The third kappa shape index (κ3) is 6.08. The Labute approximate surface area is 97.4 Å². The monoisotopic (exact) mass is 229 g/mol. The van der Waals surface area contributed by atoms with Gasteiger partial charge in [-0.2, -0.15) is 0 Å². The molecule has 1 aliphatic carbocycles. The van der Waals surface area contributed by atoms with Gasteiger partial charge in [0.05, 0.1) is 19.1 Å². The summed E-state index contributed by atoms with van der Waals surface area (Å²) in [7, 11) is 0. The van der Waals surface area contributed by atoms with Crippen molar-refractivity contribution in [3.05, 3.63) is 0 Å². The molecule has 1 aliphatic rings. The molecule has 1 saturated carbocycles. The molecule has 0 aromatic rings. The Morgan fingerprint density at radius 2 is 2.12 bits per heavy atom. The fraction of sp³-hybridized carbons (Fsp3) is 0.917. The average Bonchev–Trinajstić information content (AvgIpc) is 2.25. The number of carbonyl (C=O) groups is 1. The zero-order valence-corrected chi connectivity index (χ0v) is 10.1. The molecule has 0 saturated heterocycles. The molecule has 1 atom stereocenters. The first-order chi connectivity index (χ1) is 7.68. The van der Waals surface area contributed by atoms with Crippen LogP contribution in [-0.2, 0) is 9.53 Å². The summed E-state index contributed by atoms with van der Waals surface area (Å²) in [6.07, 6.45) is 6.89. The van der Waals surface area contributed by atoms with Crippen molar-refractivity contribution in [3.63, 3.8) is 0 Å². The molecule has 2 N–H and O–H groups in total. The van der Waals surface area contributed by atoms with Gasteiger partial charge in [-0.05, 0) is 19.8 Å². The molecule has 16 heavy (non-hydrogen) atoms. The first kappa shape index (κ1) is 13.5. The van der Waals surface area contributed by atoms with Crippen LogP contribution >= 0.6 is 0 Å². The lowest BCUT2D eigenvalue weighted by molar-refractivity contribution is -0.137.